The van der Waals surface area contributed by atoms with Crippen molar-refractivity contribution in [3.8, 4) is 6.07 Å². The molecule has 1 aliphatic carbocycles. The molecule has 2 aliphatic rings. The van der Waals surface area contributed by atoms with Crippen molar-refractivity contribution in [2.75, 3.05) is 18.0 Å². The van der Waals surface area contributed by atoms with Crippen LogP contribution in [0.2, 0.25) is 0 Å². The fraction of sp³-hybridized carbons (Fsp3) is 0.538. The van der Waals surface area contributed by atoms with Crippen molar-refractivity contribution < 1.29 is 23.8 Å². The SMILES string of the molecule is Cc1c(N2CCC(CC(C#N)NC(=O)OC(C)(C)C)C2)c(F)cc2c(=O)c(C(=O)O)cn(C3CC3)c12. The number of nitrogens with zero attached hydrogens (tertiary/aromatic N) is 3. The summed E-state index contributed by atoms with van der Waals surface area (Å²) in [5.41, 5.74) is -0.180. The van der Waals surface area contributed by atoms with Gasteiger partial charge in [-0.25, -0.2) is 14.0 Å². The Morgan fingerprint density at radius 1 is 1.33 bits per heavy atom. The van der Waals surface area contributed by atoms with Crippen molar-refractivity contribution >= 4 is 28.7 Å². The summed E-state index contributed by atoms with van der Waals surface area (Å²) < 4.78 is 22.5. The molecule has 2 heterocycles. The molecule has 2 atom stereocenters. The first-order valence-corrected chi connectivity index (χ1v) is 12.1. The molecule has 1 saturated carbocycles. The van der Waals surface area contributed by atoms with Crippen LogP contribution in [-0.4, -0.2) is 46.5 Å². The molecule has 1 aromatic carbocycles. The second kappa shape index (κ2) is 9.45. The molecule has 2 fully saturated rings. The number of rotatable bonds is 6. The minimum Gasteiger partial charge on any atom is -0.477 e. The molecule has 0 radical (unpaired) electrons. The van der Waals surface area contributed by atoms with Gasteiger partial charge in [-0.05, 0) is 70.9 Å². The standard InChI is InChI=1S/C26H31FN4O5/c1-14-21-18(23(32)19(24(33)34)13-31(21)17-5-6-17)10-20(27)22(14)30-8-7-15(12-30)9-16(11-28)29-25(35)36-26(2,3)4/h10,13,15-17H,5-9,12H2,1-4H3,(H,29,35)(H,33,34). The fourth-order valence-corrected chi connectivity index (χ4v) is 5.01. The maximum absolute atomic E-state index is 15.4. The number of anilines is 1. The Kier molecular flexibility index (Phi) is 6.69. The highest BCUT2D eigenvalue weighted by Crippen LogP contribution is 2.41. The highest BCUT2D eigenvalue weighted by molar-refractivity contribution is 5.95. The van der Waals surface area contributed by atoms with Gasteiger partial charge in [-0.15, -0.1) is 0 Å². The predicted molar refractivity (Wildman–Crippen MR) is 132 cm³/mol. The van der Waals surface area contributed by atoms with E-state index < -0.39 is 35.0 Å². The van der Waals surface area contributed by atoms with E-state index in [0.29, 0.717) is 42.7 Å². The fourth-order valence-electron chi connectivity index (χ4n) is 5.01. The van der Waals surface area contributed by atoms with E-state index >= 15 is 4.39 Å². The van der Waals surface area contributed by atoms with Crippen molar-refractivity contribution in [3.05, 3.63) is 39.4 Å². The number of halogens is 1. The molecule has 36 heavy (non-hydrogen) atoms. The molecule has 1 aromatic heterocycles. The first kappa shape index (κ1) is 25.5. The van der Waals surface area contributed by atoms with Gasteiger partial charge in [0.05, 0.1) is 17.3 Å². The minimum absolute atomic E-state index is 0.0408. The lowest BCUT2D eigenvalue weighted by atomic mass is 10.00. The summed E-state index contributed by atoms with van der Waals surface area (Å²) in [6.07, 6.45) is 3.57. The highest BCUT2D eigenvalue weighted by atomic mass is 19.1. The van der Waals surface area contributed by atoms with Crippen LogP contribution >= 0.6 is 0 Å². The maximum atomic E-state index is 15.4. The average Bonchev–Trinajstić information content (AvgIpc) is 3.52. The summed E-state index contributed by atoms with van der Waals surface area (Å²) in [5, 5.41) is 21.7. The molecule has 0 spiro atoms. The number of carboxylic acid groups (broad SMARTS) is 1. The Morgan fingerprint density at radius 3 is 2.61 bits per heavy atom. The molecule has 4 rings (SSSR count). The van der Waals surface area contributed by atoms with Crippen LogP contribution in [0.4, 0.5) is 14.9 Å². The van der Waals surface area contributed by atoms with Gasteiger partial charge in [0.25, 0.3) is 0 Å². The minimum atomic E-state index is -1.33. The third kappa shape index (κ3) is 5.15. The van der Waals surface area contributed by atoms with Gasteiger partial charge in [0.15, 0.2) is 0 Å². The lowest BCUT2D eigenvalue weighted by Crippen LogP contribution is -2.39. The number of hydrogen-bond acceptors (Lipinski definition) is 6. The van der Waals surface area contributed by atoms with Gasteiger partial charge < -0.3 is 24.6 Å². The van der Waals surface area contributed by atoms with E-state index in [-0.39, 0.29) is 22.9 Å². The third-order valence-corrected chi connectivity index (χ3v) is 6.67. The average molecular weight is 499 g/mol. The monoisotopic (exact) mass is 498 g/mol. The van der Waals surface area contributed by atoms with Crippen molar-refractivity contribution in [2.24, 2.45) is 5.92 Å². The number of carbonyl (C=O) groups is 2. The number of pyridine rings is 1. The Morgan fingerprint density at radius 2 is 2.03 bits per heavy atom. The number of carboxylic acids is 1. The molecule has 192 valence electrons. The maximum Gasteiger partial charge on any atom is 0.408 e. The molecular weight excluding hydrogens is 467 g/mol. The van der Waals surface area contributed by atoms with Gasteiger partial charge in [0.1, 0.15) is 23.0 Å². The van der Waals surface area contributed by atoms with Crippen molar-refractivity contribution in [3.63, 3.8) is 0 Å². The number of benzene rings is 1. The molecule has 9 nitrogen and oxygen atoms in total. The summed E-state index contributed by atoms with van der Waals surface area (Å²) in [7, 11) is 0. The Bertz CT molecular complexity index is 1320. The number of aromatic nitrogens is 1. The number of aromatic carboxylic acids is 1. The molecule has 1 amide bonds. The molecule has 2 unspecified atom stereocenters. The number of aryl methyl sites for hydroxylation is 1. The zero-order chi connectivity index (χ0) is 26.4. The summed E-state index contributed by atoms with van der Waals surface area (Å²) >= 11 is 0. The molecule has 1 aliphatic heterocycles. The molecule has 2 N–H and O–H groups in total. The topological polar surface area (TPSA) is 125 Å². The van der Waals surface area contributed by atoms with Gasteiger partial charge >= 0.3 is 12.1 Å². The normalized spacial score (nSPS) is 18.7. The summed E-state index contributed by atoms with van der Waals surface area (Å²) in [6.45, 7) is 8.03. The van der Waals surface area contributed by atoms with Crippen LogP contribution in [0.3, 0.4) is 0 Å². The molecule has 1 saturated heterocycles. The van der Waals surface area contributed by atoms with Crippen LogP contribution in [0, 0.1) is 30.0 Å². The molecular formula is C26H31FN4O5. The largest absolute Gasteiger partial charge is 0.477 e. The van der Waals surface area contributed by atoms with Crippen LogP contribution in [0.25, 0.3) is 10.9 Å². The van der Waals surface area contributed by atoms with Crippen LogP contribution in [0.1, 0.15) is 68.4 Å². The van der Waals surface area contributed by atoms with Crippen molar-refractivity contribution in [1.82, 2.24) is 9.88 Å². The quantitative estimate of drug-likeness (QED) is 0.614. The number of hydrogen-bond donors (Lipinski definition) is 2. The Balaban J connectivity index is 1.59. The van der Waals surface area contributed by atoms with Crippen molar-refractivity contribution in [2.45, 2.75) is 71.1 Å². The number of alkyl carbamates (subject to hydrolysis) is 1. The smallest absolute Gasteiger partial charge is 0.408 e. The lowest BCUT2D eigenvalue weighted by Gasteiger charge is -2.25. The van der Waals surface area contributed by atoms with Crippen LogP contribution < -0.4 is 15.6 Å². The van der Waals surface area contributed by atoms with Crippen LogP contribution in [0.5, 0.6) is 0 Å². The number of nitriles is 1. The third-order valence-electron chi connectivity index (χ3n) is 6.67. The van der Waals surface area contributed by atoms with Crippen molar-refractivity contribution in [1.29, 1.82) is 5.26 Å². The van der Waals surface area contributed by atoms with E-state index in [0.717, 1.165) is 18.9 Å². The molecule has 0 bridgehead atoms. The number of amides is 1. The Hall–Kier alpha value is -3.61. The van der Waals surface area contributed by atoms with Gasteiger partial charge in [-0.2, -0.15) is 5.26 Å². The molecule has 2 aromatic rings. The first-order valence-electron chi connectivity index (χ1n) is 12.1. The van der Waals surface area contributed by atoms with E-state index in [1.54, 1.807) is 27.7 Å². The van der Waals surface area contributed by atoms with E-state index in [2.05, 4.69) is 11.4 Å². The van der Waals surface area contributed by atoms with E-state index in [4.69, 9.17) is 4.74 Å². The van der Waals surface area contributed by atoms with Crippen LogP contribution in [0.15, 0.2) is 17.1 Å². The summed E-state index contributed by atoms with van der Waals surface area (Å²) in [5.74, 6) is -1.86. The van der Waals surface area contributed by atoms with Crippen LogP contribution in [-0.2, 0) is 4.74 Å². The number of fused-ring (bicyclic) bond motifs is 1. The number of ether oxygens (including phenoxy) is 1. The second-order valence-electron chi connectivity index (χ2n) is 10.7. The lowest BCUT2D eigenvalue weighted by molar-refractivity contribution is 0.0510. The Labute approximate surface area is 208 Å². The summed E-state index contributed by atoms with van der Waals surface area (Å²) in [4.78, 5) is 38.4. The zero-order valence-electron chi connectivity index (χ0n) is 20.9. The van der Waals surface area contributed by atoms with E-state index in [1.807, 2.05) is 9.47 Å². The van der Waals surface area contributed by atoms with Gasteiger partial charge in [0.2, 0.25) is 5.43 Å². The number of nitrogens with one attached hydrogen (secondary N) is 1. The van der Waals surface area contributed by atoms with E-state index in [9.17, 15) is 24.8 Å². The van der Waals surface area contributed by atoms with Gasteiger partial charge in [-0.3, -0.25) is 4.79 Å². The molecule has 10 heteroatoms. The van der Waals surface area contributed by atoms with Gasteiger partial charge in [0, 0.05) is 30.7 Å². The summed E-state index contributed by atoms with van der Waals surface area (Å²) in [6, 6.07) is 2.61. The number of carbonyl (C=O) groups excluding carboxylic acids is 1. The van der Waals surface area contributed by atoms with Gasteiger partial charge in [-0.1, -0.05) is 0 Å². The zero-order valence-corrected chi connectivity index (χ0v) is 20.9. The highest BCUT2D eigenvalue weighted by Gasteiger charge is 2.32. The first-order chi connectivity index (χ1) is 16.9. The second-order valence-corrected chi connectivity index (χ2v) is 10.7. The predicted octanol–water partition coefficient (Wildman–Crippen LogP) is 4.12. The van der Waals surface area contributed by atoms with E-state index in [1.165, 1.54) is 6.20 Å².